The van der Waals surface area contributed by atoms with Crippen molar-refractivity contribution in [3.05, 3.63) is 64.7 Å². The molecule has 0 fully saturated rings. The highest BCUT2D eigenvalue weighted by Crippen LogP contribution is 2.23. The molecular formula is C21H21N3O3S. The zero-order chi connectivity index (χ0) is 20.3. The molecule has 28 heavy (non-hydrogen) atoms. The molecule has 0 aliphatic carbocycles. The minimum atomic E-state index is -0.374. The minimum absolute atomic E-state index is 0.00533. The topological polar surface area (TPSA) is 78.5 Å². The monoisotopic (exact) mass is 395 g/mol. The Hall–Kier alpha value is -3.06. The van der Waals surface area contributed by atoms with Gasteiger partial charge in [0.05, 0.1) is 11.1 Å². The van der Waals surface area contributed by atoms with Crippen LogP contribution in [0.2, 0.25) is 0 Å². The lowest BCUT2D eigenvalue weighted by Gasteiger charge is -2.16. The maximum absolute atomic E-state index is 12.3. The van der Waals surface area contributed by atoms with Crippen LogP contribution < -0.4 is 10.6 Å². The van der Waals surface area contributed by atoms with Gasteiger partial charge in [0.2, 0.25) is 5.91 Å². The maximum Gasteiger partial charge on any atom is 0.261 e. The van der Waals surface area contributed by atoms with Gasteiger partial charge in [-0.3, -0.25) is 19.3 Å². The van der Waals surface area contributed by atoms with Gasteiger partial charge in [-0.15, -0.1) is 0 Å². The van der Waals surface area contributed by atoms with Crippen LogP contribution in [0.15, 0.2) is 42.5 Å². The first-order chi connectivity index (χ1) is 13.4. The van der Waals surface area contributed by atoms with Crippen molar-refractivity contribution < 1.29 is 14.4 Å². The molecule has 0 saturated heterocycles. The molecule has 2 aromatic rings. The van der Waals surface area contributed by atoms with Crippen LogP contribution in [0.25, 0.3) is 0 Å². The fraction of sp³-hybridized carbons (Fsp3) is 0.238. The molecule has 0 spiro atoms. The van der Waals surface area contributed by atoms with Crippen LogP contribution in [0.3, 0.4) is 0 Å². The molecule has 2 aromatic carbocycles. The zero-order valence-electron chi connectivity index (χ0n) is 15.7. The molecular weight excluding hydrogens is 374 g/mol. The van der Waals surface area contributed by atoms with E-state index in [1.807, 2.05) is 32.0 Å². The standard InChI is InChI=1S/C21H21N3O3S/c1-3-14-8-6-7-13(2)18(14)23-21(28)22-17(25)11-12-24-19(26)15-9-4-5-10-16(15)20(24)27/h4-10H,3,11-12H2,1-2H3,(H2,22,23,25,28). The Balaban J connectivity index is 1.56. The largest absolute Gasteiger partial charge is 0.332 e. The normalized spacial score (nSPS) is 12.7. The summed E-state index contributed by atoms with van der Waals surface area (Å²) >= 11 is 5.24. The van der Waals surface area contributed by atoms with Crippen molar-refractivity contribution in [3.8, 4) is 0 Å². The van der Waals surface area contributed by atoms with Crippen molar-refractivity contribution in [2.75, 3.05) is 11.9 Å². The van der Waals surface area contributed by atoms with Gasteiger partial charge >= 0.3 is 0 Å². The quantitative estimate of drug-likeness (QED) is 0.601. The number of nitrogens with zero attached hydrogens (tertiary/aromatic N) is 1. The molecule has 3 amide bonds. The van der Waals surface area contributed by atoms with E-state index in [4.69, 9.17) is 12.2 Å². The number of hydrogen-bond acceptors (Lipinski definition) is 4. The van der Waals surface area contributed by atoms with Crippen molar-refractivity contribution in [1.29, 1.82) is 0 Å². The van der Waals surface area contributed by atoms with E-state index in [9.17, 15) is 14.4 Å². The molecule has 1 aliphatic rings. The molecule has 0 aromatic heterocycles. The summed E-state index contributed by atoms with van der Waals surface area (Å²) in [7, 11) is 0. The van der Waals surface area contributed by atoms with Gasteiger partial charge in [0.25, 0.3) is 11.8 Å². The molecule has 0 bridgehead atoms. The fourth-order valence-corrected chi connectivity index (χ4v) is 3.41. The smallest absolute Gasteiger partial charge is 0.261 e. The summed E-state index contributed by atoms with van der Waals surface area (Å²) in [5.41, 5.74) is 3.76. The van der Waals surface area contributed by atoms with Gasteiger partial charge in [-0.1, -0.05) is 37.3 Å². The number of amides is 3. The number of rotatable bonds is 5. The van der Waals surface area contributed by atoms with E-state index in [2.05, 4.69) is 10.6 Å². The van der Waals surface area contributed by atoms with Crippen molar-refractivity contribution >= 4 is 40.7 Å². The van der Waals surface area contributed by atoms with Crippen molar-refractivity contribution in [2.24, 2.45) is 0 Å². The summed E-state index contributed by atoms with van der Waals surface area (Å²) in [6, 6.07) is 12.6. The Morgan fingerprint density at radius 3 is 2.29 bits per heavy atom. The third-order valence-corrected chi connectivity index (χ3v) is 4.88. The van der Waals surface area contributed by atoms with Gasteiger partial charge in [-0.05, 0) is 48.8 Å². The lowest BCUT2D eigenvalue weighted by atomic mass is 10.1. The predicted molar refractivity (Wildman–Crippen MR) is 111 cm³/mol. The number of carbonyl (C=O) groups excluding carboxylic acids is 3. The lowest BCUT2D eigenvalue weighted by Crippen LogP contribution is -2.38. The number of carbonyl (C=O) groups is 3. The molecule has 0 saturated carbocycles. The summed E-state index contributed by atoms with van der Waals surface area (Å²) in [5.74, 6) is -1.11. The highest BCUT2D eigenvalue weighted by molar-refractivity contribution is 7.80. The van der Waals surface area contributed by atoms with Crippen LogP contribution in [0.4, 0.5) is 5.69 Å². The molecule has 6 nitrogen and oxygen atoms in total. The van der Waals surface area contributed by atoms with E-state index in [0.717, 1.165) is 28.1 Å². The molecule has 3 rings (SSSR count). The Morgan fingerprint density at radius 2 is 1.68 bits per heavy atom. The molecule has 144 valence electrons. The molecule has 1 heterocycles. The van der Waals surface area contributed by atoms with Crippen LogP contribution >= 0.6 is 12.2 Å². The van der Waals surface area contributed by atoms with Gasteiger partial charge in [-0.25, -0.2) is 0 Å². The molecule has 0 radical (unpaired) electrons. The number of thiocarbonyl (C=S) groups is 1. The summed E-state index contributed by atoms with van der Waals surface area (Å²) in [4.78, 5) is 38.0. The number of fused-ring (bicyclic) bond motifs is 1. The summed E-state index contributed by atoms with van der Waals surface area (Å²) in [6.07, 6.45) is 0.808. The highest BCUT2D eigenvalue weighted by Gasteiger charge is 2.34. The van der Waals surface area contributed by atoms with E-state index in [1.54, 1.807) is 24.3 Å². The second kappa shape index (κ2) is 8.31. The van der Waals surface area contributed by atoms with Gasteiger partial charge in [0.1, 0.15) is 0 Å². The fourth-order valence-electron chi connectivity index (χ4n) is 3.19. The zero-order valence-corrected chi connectivity index (χ0v) is 16.6. The van der Waals surface area contributed by atoms with E-state index in [0.29, 0.717) is 11.1 Å². The number of para-hydroxylation sites is 1. The van der Waals surface area contributed by atoms with E-state index >= 15 is 0 Å². The third-order valence-electron chi connectivity index (χ3n) is 4.67. The summed E-state index contributed by atoms with van der Waals surface area (Å²) in [5, 5.41) is 5.88. The number of hydrogen-bond donors (Lipinski definition) is 2. The summed E-state index contributed by atoms with van der Waals surface area (Å²) in [6.45, 7) is 4.02. The van der Waals surface area contributed by atoms with E-state index in [1.165, 1.54) is 0 Å². The van der Waals surface area contributed by atoms with Gasteiger partial charge < -0.3 is 10.6 Å². The molecule has 2 N–H and O–H groups in total. The van der Waals surface area contributed by atoms with Crippen LogP contribution in [-0.4, -0.2) is 34.3 Å². The lowest BCUT2D eigenvalue weighted by molar-refractivity contribution is -0.119. The Labute approximate surface area is 168 Å². The molecule has 7 heteroatoms. The number of benzene rings is 2. The third kappa shape index (κ3) is 3.94. The average Bonchev–Trinajstić information content (AvgIpc) is 2.92. The van der Waals surface area contributed by atoms with E-state index in [-0.39, 0.29) is 35.8 Å². The van der Waals surface area contributed by atoms with Crippen molar-refractivity contribution in [3.63, 3.8) is 0 Å². The molecule has 1 aliphatic heterocycles. The highest BCUT2D eigenvalue weighted by atomic mass is 32.1. The average molecular weight is 395 g/mol. The van der Waals surface area contributed by atoms with Crippen LogP contribution in [-0.2, 0) is 11.2 Å². The van der Waals surface area contributed by atoms with Crippen LogP contribution in [0, 0.1) is 6.92 Å². The Kier molecular flexibility index (Phi) is 5.84. The second-order valence-corrected chi connectivity index (χ2v) is 6.93. The van der Waals surface area contributed by atoms with Crippen LogP contribution in [0.1, 0.15) is 45.2 Å². The Bertz CT molecular complexity index is 936. The van der Waals surface area contributed by atoms with Gasteiger partial charge in [0, 0.05) is 18.7 Å². The predicted octanol–water partition coefficient (Wildman–Crippen LogP) is 3.06. The van der Waals surface area contributed by atoms with E-state index < -0.39 is 0 Å². The number of anilines is 1. The van der Waals surface area contributed by atoms with Gasteiger partial charge in [-0.2, -0.15) is 0 Å². The van der Waals surface area contributed by atoms with Crippen molar-refractivity contribution in [2.45, 2.75) is 26.7 Å². The second-order valence-electron chi connectivity index (χ2n) is 6.52. The number of aryl methyl sites for hydroxylation is 2. The minimum Gasteiger partial charge on any atom is -0.332 e. The maximum atomic E-state index is 12.3. The Morgan fingerprint density at radius 1 is 1.04 bits per heavy atom. The van der Waals surface area contributed by atoms with Crippen LogP contribution in [0.5, 0.6) is 0 Å². The SMILES string of the molecule is CCc1cccc(C)c1NC(=S)NC(=O)CCN1C(=O)c2ccccc2C1=O. The molecule has 0 unspecified atom stereocenters. The summed E-state index contributed by atoms with van der Waals surface area (Å²) < 4.78 is 0. The first kappa shape index (κ1) is 19.7. The number of imide groups is 1. The number of nitrogens with one attached hydrogen (secondary N) is 2. The first-order valence-corrected chi connectivity index (χ1v) is 9.47. The van der Waals surface area contributed by atoms with Gasteiger partial charge in [0.15, 0.2) is 5.11 Å². The molecule has 0 atom stereocenters. The van der Waals surface area contributed by atoms with Crippen molar-refractivity contribution in [1.82, 2.24) is 10.2 Å². The first-order valence-electron chi connectivity index (χ1n) is 9.07.